The zero-order chi connectivity index (χ0) is 15.2. The Labute approximate surface area is 125 Å². The highest BCUT2D eigenvalue weighted by atomic mass is 19.1. The van der Waals surface area contributed by atoms with E-state index in [0.29, 0.717) is 12.3 Å². The molecule has 0 saturated carbocycles. The van der Waals surface area contributed by atoms with Gasteiger partial charge in [-0.25, -0.2) is 4.39 Å². The fourth-order valence-electron chi connectivity index (χ4n) is 2.62. The molecule has 1 fully saturated rings. The fourth-order valence-corrected chi connectivity index (χ4v) is 2.62. The minimum absolute atomic E-state index is 0.0193. The third kappa shape index (κ3) is 4.43. The van der Waals surface area contributed by atoms with Gasteiger partial charge in [0.1, 0.15) is 11.6 Å². The van der Waals surface area contributed by atoms with Gasteiger partial charge >= 0.3 is 0 Å². The minimum atomic E-state index is -0.590. The Bertz CT molecular complexity index is 487. The summed E-state index contributed by atoms with van der Waals surface area (Å²) in [6.45, 7) is 3.86. The van der Waals surface area contributed by atoms with Crippen molar-refractivity contribution in [2.45, 2.75) is 38.8 Å². The minimum Gasteiger partial charge on any atom is -0.481 e. The van der Waals surface area contributed by atoms with E-state index in [0.717, 1.165) is 31.5 Å². The van der Waals surface area contributed by atoms with Crippen molar-refractivity contribution in [1.29, 1.82) is 0 Å². The summed E-state index contributed by atoms with van der Waals surface area (Å²) in [6.07, 6.45) is 2.68. The first-order valence-electron chi connectivity index (χ1n) is 7.49. The van der Waals surface area contributed by atoms with Crippen molar-refractivity contribution in [3.05, 3.63) is 29.6 Å². The van der Waals surface area contributed by atoms with Gasteiger partial charge < -0.3 is 15.0 Å². The van der Waals surface area contributed by atoms with Gasteiger partial charge in [0.25, 0.3) is 5.91 Å². The molecule has 0 spiro atoms. The summed E-state index contributed by atoms with van der Waals surface area (Å²) in [4.78, 5) is 14.1. The first-order valence-corrected chi connectivity index (χ1v) is 7.49. The smallest absolute Gasteiger partial charge is 0.263 e. The fraction of sp³-hybridized carbons (Fsp3) is 0.562. The predicted octanol–water partition coefficient (Wildman–Crippen LogP) is 2.32. The van der Waals surface area contributed by atoms with Crippen LogP contribution in [0.15, 0.2) is 18.2 Å². The molecule has 1 aromatic carbocycles. The number of nitrogens with one attached hydrogen (secondary N) is 1. The van der Waals surface area contributed by atoms with Crippen molar-refractivity contribution >= 4 is 5.91 Å². The molecule has 1 saturated heterocycles. The molecule has 21 heavy (non-hydrogen) atoms. The number of amides is 1. The van der Waals surface area contributed by atoms with Crippen LogP contribution in [0, 0.1) is 5.82 Å². The van der Waals surface area contributed by atoms with Crippen LogP contribution in [-0.4, -0.2) is 37.0 Å². The van der Waals surface area contributed by atoms with Gasteiger partial charge in [-0.1, -0.05) is 0 Å². The second-order valence-electron chi connectivity index (χ2n) is 5.47. The molecule has 0 aromatic heterocycles. The monoisotopic (exact) mass is 294 g/mol. The third-order valence-corrected chi connectivity index (χ3v) is 3.64. The van der Waals surface area contributed by atoms with Crippen molar-refractivity contribution in [2.75, 3.05) is 20.1 Å². The lowest BCUT2D eigenvalue weighted by Gasteiger charge is -2.29. The Morgan fingerprint density at radius 3 is 2.71 bits per heavy atom. The normalized spacial score (nSPS) is 16.6. The van der Waals surface area contributed by atoms with Crippen LogP contribution < -0.4 is 10.1 Å². The van der Waals surface area contributed by atoms with Crippen molar-refractivity contribution in [3.63, 3.8) is 0 Å². The van der Waals surface area contributed by atoms with Crippen LogP contribution in [0.25, 0.3) is 0 Å². The zero-order valence-electron chi connectivity index (χ0n) is 12.7. The molecule has 1 amide bonds. The molecular formula is C16H23FN2O2. The second kappa shape index (κ2) is 7.41. The number of rotatable bonds is 5. The first kappa shape index (κ1) is 15.8. The van der Waals surface area contributed by atoms with E-state index in [-0.39, 0.29) is 11.7 Å². The van der Waals surface area contributed by atoms with Gasteiger partial charge in [0.2, 0.25) is 0 Å². The highest BCUT2D eigenvalue weighted by molar-refractivity contribution is 5.81. The van der Waals surface area contributed by atoms with E-state index in [2.05, 4.69) is 5.32 Å². The zero-order valence-corrected chi connectivity index (χ0v) is 12.7. The lowest BCUT2D eigenvalue weighted by molar-refractivity contribution is -0.138. The molecule has 2 rings (SSSR count). The molecule has 5 heteroatoms. The first-order chi connectivity index (χ1) is 10.1. The van der Waals surface area contributed by atoms with Gasteiger partial charge in [0.15, 0.2) is 6.10 Å². The van der Waals surface area contributed by atoms with Gasteiger partial charge in [-0.3, -0.25) is 4.79 Å². The summed E-state index contributed by atoms with van der Waals surface area (Å²) < 4.78 is 19.2. The van der Waals surface area contributed by atoms with Gasteiger partial charge in [-0.2, -0.15) is 0 Å². The SMILES string of the molecule is CNCc1cc(F)cc(OC(C)C(=O)N2CCCCC2)c1. The Morgan fingerprint density at radius 2 is 2.05 bits per heavy atom. The number of halogens is 1. The summed E-state index contributed by atoms with van der Waals surface area (Å²) in [5.74, 6) is 0.0302. The topological polar surface area (TPSA) is 41.6 Å². The maximum Gasteiger partial charge on any atom is 0.263 e. The second-order valence-corrected chi connectivity index (χ2v) is 5.47. The molecular weight excluding hydrogens is 271 g/mol. The Hall–Kier alpha value is -1.62. The van der Waals surface area contributed by atoms with Crippen LogP contribution in [0.5, 0.6) is 5.75 Å². The summed E-state index contributed by atoms with van der Waals surface area (Å²) in [5.41, 5.74) is 0.796. The van der Waals surface area contributed by atoms with E-state index in [1.54, 1.807) is 20.0 Å². The molecule has 1 aliphatic rings. The molecule has 0 bridgehead atoms. The average molecular weight is 294 g/mol. The molecule has 116 valence electrons. The van der Waals surface area contributed by atoms with Gasteiger partial charge in [0, 0.05) is 25.7 Å². The van der Waals surface area contributed by atoms with Gasteiger partial charge in [-0.05, 0) is 50.9 Å². The number of ether oxygens (including phenoxy) is 1. The lowest BCUT2D eigenvalue weighted by Crippen LogP contribution is -2.43. The molecule has 1 heterocycles. The van der Waals surface area contributed by atoms with Crippen molar-refractivity contribution in [3.8, 4) is 5.75 Å². The molecule has 1 atom stereocenters. The number of carbonyl (C=O) groups is 1. The lowest BCUT2D eigenvalue weighted by atomic mass is 10.1. The highest BCUT2D eigenvalue weighted by Gasteiger charge is 2.23. The van der Waals surface area contributed by atoms with Crippen molar-refractivity contribution < 1.29 is 13.9 Å². The summed E-state index contributed by atoms with van der Waals surface area (Å²) in [6, 6.07) is 4.54. The molecule has 0 radical (unpaired) electrons. The van der Waals surface area contributed by atoms with Crippen LogP contribution in [0.1, 0.15) is 31.7 Å². The number of likely N-dealkylation sites (tertiary alicyclic amines) is 1. The van der Waals surface area contributed by atoms with E-state index in [1.807, 2.05) is 4.90 Å². The standard InChI is InChI=1S/C16H23FN2O2/c1-12(16(20)19-6-4-3-5-7-19)21-15-9-13(11-18-2)8-14(17)10-15/h8-10,12,18H,3-7,11H2,1-2H3. The van der Waals surface area contributed by atoms with E-state index in [1.165, 1.54) is 18.6 Å². The van der Waals surface area contributed by atoms with E-state index >= 15 is 0 Å². The number of benzene rings is 1. The maximum atomic E-state index is 13.6. The number of nitrogens with zero attached hydrogens (tertiary/aromatic N) is 1. The van der Waals surface area contributed by atoms with Crippen molar-refractivity contribution in [2.24, 2.45) is 0 Å². The van der Waals surface area contributed by atoms with Gasteiger partial charge in [-0.15, -0.1) is 0 Å². The molecule has 0 aliphatic carbocycles. The Kier molecular flexibility index (Phi) is 5.56. The third-order valence-electron chi connectivity index (χ3n) is 3.64. The number of hydrogen-bond donors (Lipinski definition) is 1. The molecule has 1 aromatic rings. The van der Waals surface area contributed by atoms with Crippen LogP contribution in [0.2, 0.25) is 0 Å². The number of piperidine rings is 1. The van der Waals surface area contributed by atoms with E-state index in [4.69, 9.17) is 4.74 Å². The van der Waals surface area contributed by atoms with Crippen LogP contribution >= 0.6 is 0 Å². The molecule has 1 unspecified atom stereocenters. The Balaban J connectivity index is 2.01. The predicted molar refractivity (Wildman–Crippen MR) is 79.7 cm³/mol. The van der Waals surface area contributed by atoms with Crippen LogP contribution in [0.3, 0.4) is 0 Å². The molecule has 4 nitrogen and oxygen atoms in total. The van der Waals surface area contributed by atoms with Crippen molar-refractivity contribution in [1.82, 2.24) is 10.2 Å². The summed E-state index contributed by atoms with van der Waals surface area (Å²) in [5, 5.41) is 2.97. The van der Waals surface area contributed by atoms with Crippen LogP contribution in [0.4, 0.5) is 4.39 Å². The molecule has 1 N–H and O–H groups in total. The van der Waals surface area contributed by atoms with E-state index < -0.39 is 6.10 Å². The summed E-state index contributed by atoms with van der Waals surface area (Å²) >= 11 is 0. The number of carbonyl (C=O) groups excluding carboxylic acids is 1. The highest BCUT2D eigenvalue weighted by Crippen LogP contribution is 2.19. The average Bonchev–Trinajstić information content (AvgIpc) is 2.47. The van der Waals surface area contributed by atoms with Gasteiger partial charge in [0.05, 0.1) is 0 Å². The Morgan fingerprint density at radius 1 is 1.33 bits per heavy atom. The quantitative estimate of drug-likeness (QED) is 0.906. The molecule has 1 aliphatic heterocycles. The van der Waals surface area contributed by atoms with Crippen LogP contribution in [-0.2, 0) is 11.3 Å². The maximum absolute atomic E-state index is 13.6. The summed E-state index contributed by atoms with van der Waals surface area (Å²) in [7, 11) is 1.80. The largest absolute Gasteiger partial charge is 0.481 e. The number of hydrogen-bond acceptors (Lipinski definition) is 3. The van der Waals surface area contributed by atoms with E-state index in [9.17, 15) is 9.18 Å².